The topological polar surface area (TPSA) is 55.3 Å². The summed E-state index contributed by atoms with van der Waals surface area (Å²) in [7, 11) is 0. The van der Waals surface area contributed by atoms with Crippen LogP contribution in [0.25, 0.3) is 11.1 Å². The second-order valence-electron chi connectivity index (χ2n) is 5.97. The van der Waals surface area contributed by atoms with Crippen LogP contribution in [-0.4, -0.2) is 21.7 Å². The van der Waals surface area contributed by atoms with Gasteiger partial charge in [0.25, 0.3) is 0 Å². The summed E-state index contributed by atoms with van der Waals surface area (Å²) in [4.78, 5) is 22.4. The molecule has 5 heteroatoms. The standard InChI is InChI=1S/C16H17N3O2/c1-16(2,3)21-15(20)19-9-13-12(8-17-10-18-13)11-6-4-5-7-14(11)19/h4-8,10H,9H2,1-3H3. The van der Waals surface area contributed by atoms with Crippen molar-refractivity contribution in [2.75, 3.05) is 4.90 Å². The third-order valence-electron chi connectivity index (χ3n) is 3.20. The van der Waals surface area contributed by atoms with E-state index in [1.807, 2.05) is 45.0 Å². The van der Waals surface area contributed by atoms with E-state index in [-0.39, 0.29) is 6.09 Å². The largest absolute Gasteiger partial charge is 0.443 e. The number of amides is 1. The molecule has 0 atom stereocenters. The molecule has 0 aliphatic carbocycles. The molecule has 0 radical (unpaired) electrons. The average molecular weight is 283 g/mol. The zero-order chi connectivity index (χ0) is 15.0. The molecule has 21 heavy (non-hydrogen) atoms. The third-order valence-corrected chi connectivity index (χ3v) is 3.20. The average Bonchev–Trinajstić information content (AvgIpc) is 2.44. The predicted octanol–water partition coefficient (Wildman–Crippen LogP) is 3.40. The molecule has 0 saturated heterocycles. The van der Waals surface area contributed by atoms with Crippen molar-refractivity contribution < 1.29 is 9.53 Å². The zero-order valence-electron chi connectivity index (χ0n) is 12.3. The fourth-order valence-corrected chi connectivity index (χ4v) is 2.36. The first kappa shape index (κ1) is 13.5. The number of aromatic nitrogens is 2. The Morgan fingerprint density at radius 1 is 1.24 bits per heavy atom. The number of anilines is 1. The summed E-state index contributed by atoms with van der Waals surface area (Å²) in [5.74, 6) is 0. The highest BCUT2D eigenvalue weighted by molar-refractivity contribution is 5.96. The molecular formula is C16H17N3O2. The van der Waals surface area contributed by atoms with Crippen LogP contribution in [-0.2, 0) is 11.3 Å². The Morgan fingerprint density at radius 3 is 2.76 bits per heavy atom. The van der Waals surface area contributed by atoms with Gasteiger partial charge in [-0.15, -0.1) is 0 Å². The molecule has 0 unspecified atom stereocenters. The van der Waals surface area contributed by atoms with Crippen LogP contribution in [0, 0.1) is 0 Å². The van der Waals surface area contributed by atoms with Crippen molar-refractivity contribution in [1.29, 1.82) is 0 Å². The number of benzene rings is 1. The number of ether oxygens (including phenoxy) is 1. The molecule has 0 spiro atoms. The molecule has 0 saturated carbocycles. The number of rotatable bonds is 0. The van der Waals surface area contributed by atoms with Crippen molar-refractivity contribution in [3.05, 3.63) is 42.5 Å². The van der Waals surface area contributed by atoms with Crippen molar-refractivity contribution in [2.24, 2.45) is 0 Å². The number of carbonyl (C=O) groups is 1. The quantitative estimate of drug-likeness (QED) is 0.743. The van der Waals surface area contributed by atoms with E-state index in [0.717, 1.165) is 22.5 Å². The Morgan fingerprint density at radius 2 is 2.00 bits per heavy atom. The van der Waals surface area contributed by atoms with E-state index >= 15 is 0 Å². The van der Waals surface area contributed by atoms with E-state index in [0.29, 0.717) is 6.54 Å². The Hall–Kier alpha value is -2.43. The fraction of sp³-hybridized carbons (Fsp3) is 0.312. The van der Waals surface area contributed by atoms with E-state index in [1.165, 1.54) is 6.33 Å². The van der Waals surface area contributed by atoms with Crippen LogP contribution in [0.15, 0.2) is 36.8 Å². The van der Waals surface area contributed by atoms with Crippen molar-refractivity contribution in [2.45, 2.75) is 32.9 Å². The highest BCUT2D eigenvalue weighted by Gasteiger charge is 2.30. The molecule has 1 aromatic carbocycles. The van der Waals surface area contributed by atoms with Crippen molar-refractivity contribution >= 4 is 11.8 Å². The Kier molecular flexibility index (Phi) is 3.12. The molecule has 2 heterocycles. The van der Waals surface area contributed by atoms with Crippen LogP contribution in [0.1, 0.15) is 26.5 Å². The lowest BCUT2D eigenvalue weighted by Crippen LogP contribution is -2.38. The third kappa shape index (κ3) is 2.59. The second-order valence-corrected chi connectivity index (χ2v) is 5.97. The molecule has 1 aliphatic heterocycles. The summed E-state index contributed by atoms with van der Waals surface area (Å²) in [6, 6.07) is 7.72. The molecule has 1 aliphatic rings. The van der Waals surface area contributed by atoms with Gasteiger partial charge in [0, 0.05) is 17.3 Å². The highest BCUT2D eigenvalue weighted by Crippen LogP contribution is 2.38. The normalized spacial score (nSPS) is 13.4. The number of fused-ring (bicyclic) bond motifs is 3. The van der Waals surface area contributed by atoms with E-state index in [9.17, 15) is 4.79 Å². The molecule has 1 aromatic heterocycles. The number of carbonyl (C=O) groups excluding carboxylic acids is 1. The summed E-state index contributed by atoms with van der Waals surface area (Å²) in [6.45, 7) is 5.97. The number of hydrogen-bond donors (Lipinski definition) is 0. The predicted molar refractivity (Wildman–Crippen MR) is 79.9 cm³/mol. The molecular weight excluding hydrogens is 266 g/mol. The maximum atomic E-state index is 12.4. The molecule has 2 aromatic rings. The van der Waals surface area contributed by atoms with Crippen molar-refractivity contribution in [1.82, 2.24) is 9.97 Å². The minimum atomic E-state index is -0.530. The molecule has 5 nitrogen and oxygen atoms in total. The Labute approximate surface area is 123 Å². The first-order valence-electron chi connectivity index (χ1n) is 6.84. The van der Waals surface area contributed by atoms with Gasteiger partial charge in [-0.1, -0.05) is 18.2 Å². The summed E-state index contributed by atoms with van der Waals surface area (Å²) in [6.07, 6.45) is 2.92. The van der Waals surface area contributed by atoms with E-state index < -0.39 is 5.60 Å². The van der Waals surface area contributed by atoms with Gasteiger partial charge in [0.15, 0.2) is 0 Å². The molecule has 108 valence electrons. The summed E-state index contributed by atoms with van der Waals surface area (Å²) in [5, 5.41) is 0. The second kappa shape index (κ2) is 4.84. The van der Waals surface area contributed by atoms with Crippen LogP contribution in [0.4, 0.5) is 10.5 Å². The minimum absolute atomic E-state index is 0.362. The Bertz CT molecular complexity index is 692. The number of para-hydroxylation sites is 1. The van der Waals surface area contributed by atoms with Gasteiger partial charge in [0.2, 0.25) is 0 Å². The molecule has 0 N–H and O–H groups in total. The monoisotopic (exact) mass is 283 g/mol. The van der Waals surface area contributed by atoms with Crippen LogP contribution in [0.2, 0.25) is 0 Å². The smallest absolute Gasteiger partial charge is 0.415 e. The SMILES string of the molecule is CC(C)(C)OC(=O)N1Cc2ncncc2-c2ccccc21. The molecule has 0 bridgehead atoms. The van der Waals surface area contributed by atoms with E-state index in [1.54, 1.807) is 11.1 Å². The van der Waals surface area contributed by atoms with E-state index in [4.69, 9.17) is 4.74 Å². The first-order chi connectivity index (χ1) is 9.96. The first-order valence-corrected chi connectivity index (χ1v) is 6.84. The summed E-state index contributed by atoms with van der Waals surface area (Å²) >= 11 is 0. The number of nitrogens with zero attached hydrogens (tertiary/aromatic N) is 3. The van der Waals surface area contributed by atoms with Gasteiger partial charge in [-0.25, -0.2) is 14.8 Å². The van der Waals surface area contributed by atoms with Gasteiger partial charge in [-0.05, 0) is 26.8 Å². The Balaban J connectivity index is 2.04. The molecule has 3 rings (SSSR count). The van der Waals surface area contributed by atoms with Gasteiger partial charge in [0.1, 0.15) is 11.9 Å². The molecule has 1 amide bonds. The minimum Gasteiger partial charge on any atom is -0.443 e. The van der Waals surface area contributed by atoms with Crippen LogP contribution >= 0.6 is 0 Å². The van der Waals surface area contributed by atoms with Crippen LogP contribution < -0.4 is 4.90 Å². The van der Waals surface area contributed by atoms with Gasteiger partial charge >= 0.3 is 6.09 Å². The lowest BCUT2D eigenvalue weighted by molar-refractivity contribution is 0.0576. The lowest BCUT2D eigenvalue weighted by atomic mass is 9.99. The van der Waals surface area contributed by atoms with Crippen molar-refractivity contribution in [3.8, 4) is 11.1 Å². The maximum Gasteiger partial charge on any atom is 0.415 e. The van der Waals surface area contributed by atoms with Gasteiger partial charge in [-0.3, -0.25) is 4.90 Å². The van der Waals surface area contributed by atoms with Crippen LogP contribution in [0.5, 0.6) is 0 Å². The highest BCUT2D eigenvalue weighted by atomic mass is 16.6. The van der Waals surface area contributed by atoms with Gasteiger partial charge in [-0.2, -0.15) is 0 Å². The summed E-state index contributed by atoms with van der Waals surface area (Å²) < 4.78 is 5.49. The van der Waals surface area contributed by atoms with Gasteiger partial charge in [0.05, 0.1) is 17.9 Å². The maximum absolute atomic E-state index is 12.4. The van der Waals surface area contributed by atoms with E-state index in [2.05, 4.69) is 9.97 Å². The summed E-state index contributed by atoms with van der Waals surface area (Å²) in [5.41, 5.74) is 3.04. The molecule has 0 fully saturated rings. The zero-order valence-corrected chi connectivity index (χ0v) is 12.3. The number of hydrogen-bond acceptors (Lipinski definition) is 4. The fourth-order valence-electron chi connectivity index (χ4n) is 2.36. The lowest BCUT2D eigenvalue weighted by Gasteiger charge is -2.32. The van der Waals surface area contributed by atoms with Gasteiger partial charge < -0.3 is 4.74 Å². The van der Waals surface area contributed by atoms with Crippen LogP contribution in [0.3, 0.4) is 0 Å². The van der Waals surface area contributed by atoms with Crippen molar-refractivity contribution in [3.63, 3.8) is 0 Å².